The highest BCUT2D eigenvalue weighted by atomic mass is 79.9. The van der Waals surface area contributed by atoms with Crippen LogP contribution in [0.25, 0.3) is 0 Å². The van der Waals surface area contributed by atoms with Gasteiger partial charge in [-0.3, -0.25) is 4.68 Å². The lowest BCUT2D eigenvalue weighted by molar-refractivity contribution is 0.693. The molecule has 0 aromatic carbocycles. The third kappa shape index (κ3) is 2.58. The fraction of sp³-hybridized carbons (Fsp3) is 0.500. The summed E-state index contributed by atoms with van der Waals surface area (Å²) < 4.78 is 2.04. The number of hydrogen-bond donors (Lipinski definition) is 0. The number of thiophene rings is 1. The highest BCUT2D eigenvalue weighted by Crippen LogP contribution is 2.36. The zero-order chi connectivity index (χ0) is 13.4. The zero-order valence-corrected chi connectivity index (χ0v) is 13.7. The van der Waals surface area contributed by atoms with Gasteiger partial charge in [-0.2, -0.15) is 5.10 Å². The molecule has 0 unspecified atom stereocenters. The van der Waals surface area contributed by atoms with Gasteiger partial charge >= 0.3 is 0 Å². The van der Waals surface area contributed by atoms with E-state index in [1.807, 2.05) is 16.0 Å². The van der Waals surface area contributed by atoms with Crippen LogP contribution >= 0.6 is 27.3 Å². The van der Waals surface area contributed by atoms with Crippen molar-refractivity contribution in [2.24, 2.45) is 7.05 Å². The number of hydrogen-bond acceptors (Lipinski definition) is 3. The number of aryl methyl sites for hydroxylation is 2. The van der Waals surface area contributed by atoms with Crippen molar-refractivity contribution in [2.45, 2.75) is 37.7 Å². The summed E-state index contributed by atoms with van der Waals surface area (Å²) in [5.74, 6) is 1.28. The SMILES string of the molecule is Cc1nn(C)c(N(Cc2cccs2)C2CC2)c1CBr. The number of rotatable bonds is 5. The molecule has 1 aliphatic carbocycles. The minimum Gasteiger partial charge on any atom is -0.348 e. The molecule has 0 atom stereocenters. The summed E-state index contributed by atoms with van der Waals surface area (Å²) in [6, 6.07) is 5.04. The summed E-state index contributed by atoms with van der Waals surface area (Å²) in [5.41, 5.74) is 2.46. The average molecular weight is 340 g/mol. The Labute approximate surface area is 126 Å². The van der Waals surface area contributed by atoms with Crippen LogP contribution in [0.2, 0.25) is 0 Å². The first-order valence-electron chi connectivity index (χ1n) is 6.58. The van der Waals surface area contributed by atoms with E-state index in [1.165, 1.54) is 29.1 Å². The van der Waals surface area contributed by atoms with Crippen LogP contribution < -0.4 is 4.90 Å². The van der Waals surface area contributed by atoms with Gasteiger partial charge < -0.3 is 4.90 Å². The first-order valence-corrected chi connectivity index (χ1v) is 8.58. The van der Waals surface area contributed by atoms with Crippen LogP contribution in [0.1, 0.15) is 29.0 Å². The number of alkyl halides is 1. The van der Waals surface area contributed by atoms with Crippen LogP contribution in [0.5, 0.6) is 0 Å². The maximum absolute atomic E-state index is 4.59. The molecule has 2 aromatic rings. The van der Waals surface area contributed by atoms with Crippen LogP contribution in [0.4, 0.5) is 5.82 Å². The molecule has 102 valence electrons. The minimum atomic E-state index is 0.690. The van der Waals surface area contributed by atoms with Crippen molar-refractivity contribution in [2.75, 3.05) is 4.90 Å². The molecule has 0 amide bonds. The summed E-state index contributed by atoms with van der Waals surface area (Å²) in [4.78, 5) is 3.95. The van der Waals surface area contributed by atoms with Gasteiger partial charge in [0.25, 0.3) is 0 Å². The first kappa shape index (κ1) is 13.2. The van der Waals surface area contributed by atoms with Gasteiger partial charge in [0.1, 0.15) is 5.82 Å². The van der Waals surface area contributed by atoms with Crippen molar-refractivity contribution in [3.63, 3.8) is 0 Å². The number of anilines is 1. The molecule has 3 rings (SSSR count). The molecule has 0 saturated heterocycles. The third-order valence-corrected chi connectivity index (χ3v) is 5.03. The Kier molecular flexibility index (Phi) is 3.67. The van der Waals surface area contributed by atoms with Crippen LogP contribution in [0.3, 0.4) is 0 Å². The maximum atomic E-state index is 4.59. The van der Waals surface area contributed by atoms with E-state index in [0.717, 1.165) is 17.6 Å². The fourth-order valence-corrected chi connectivity index (χ4v) is 3.90. The number of aromatic nitrogens is 2. The largest absolute Gasteiger partial charge is 0.348 e. The Balaban J connectivity index is 1.96. The Morgan fingerprint density at radius 1 is 1.53 bits per heavy atom. The lowest BCUT2D eigenvalue weighted by Crippen LogP contribution is -2.27. The van der Waals surface area contributed by atoms with Gasteiger partial charge in [0.2, 0.25) is 0 Å². The van der Waals surface area contributed by atoms with Crippen molar-refractivity contribution in [1.29, 1.82) is 0 Å². The maximum Gasteiger partial charge on any atom is 0.131 e. The lowest BCUT2D eigenvalue weighted by atomic mass is 10.2. The second kappa shape index (κ2) is 5.29. The Hall–Kier alpha value is -0.810. The molecule has 2 aromatic heterocycles. The lowest BCUT2D eigenvalue weighted by Gasteiger charge is -2.25. The van der Waals surface area contributed by atoms with Gasteiger partial charge in [-0.15, -0.1) is 11.3 Å². The zero-order valence-electron chi connectivity index (χ0n) is 11.3. The van der Waals surface area contributed by atoms with Crippen LogP contribution in [-0.2, 0) is 18.9 Å². The molecule has 0 radical (unpaired) electrons. The van der Waals surface area contributed by atoms with Crippen molar-refractivity contribution in [1.82, 2.24) is 9.78 Å². The second-order valence-corrected chi connectivity index (χ2v) is 6.68. The molecule has 19 heavy (non-hydrogen) atoms. The fourth-order valence-electron chi connectivity index (χ4n) is 2.54. The normalized spacial score (nSPS) is 14.9. The van der Waals surface area contributed by atoms with Crippen molar-refractivity contribution >= 4 is 33.1 Å². The monoisotopic (exact) mass is 339 g/mol. The van der Waals surface area contributed by atoms with Gasteiger partial charge in [-0.25, -0.2) is 0 Å². The molecular weight excluding hydrogens is 322 g/mol. The van der Waals surface area contributed by atoms with E-state index in [4.69, 9.17) is 0 Å². The van der Waals surface area contributed by atoms with Crippen molar-refractivity contribution < 1.29 is 0 Å². The van der Waals surface area contributed by atoms with E-state index < -0.39 is 0 Å². The van der Waals surface area contributed by atoms with E-state index in [0.29, 0.717) is 6.04 Å². The molecule has 1 fully saturated rings. The summed E-state index contributed by atoms with van der Waals surface area (Å²) >= 11 is 5.45. The highest BCUT2D eigenvalue weighted by Gasteiger charge is 2.33. The smallest absolute Gasteiger partial charge is 0.131 e. The average Bonchev–Trinajstić information content (AvgIpc) is 3.02. The molecular formula is C14H18BrN3S. The summed E-state index contributed by atoms with van der Waals surface area (Å²) in [7, 11) is 2.05. The van der Waals surface area contributed by atoms with E-state index >= 15 is 0 Å². The predicted octanol–water partition coefficient (Wildman–Crippen LogP) is 3.85. The molecule has 1 aliphatic rings. The molecule has 1 saturated carbocycles. The van der Waals surface area contributed by atoms with Gasteiger partial charge in [0, 0.05) is 28.9 Å². The van der Waals surface area contributed by atoms with Crippen LogP contribution in [0, 0.1) is 6.92 Å². The van der Waals surface area contributed by atoms with Crippen LogP contribution in [0.15, 0.2) is 17.5 Å². The highest BCUT2D eigenvalue weighted by molar-refractivity contribution is 9.08. The predicted molar refractivity (Wildman–Crippen MR) is 84.1 cm³/mol. The quantitative estimate of drug-likeness (QED) is 0.771. The molecule has 0 N–H and O–H groups in total. The first-order chi connectivity index (χ1) is 9.20. The minimum absolute atomic E-state index is 0.690. The standard InChI is InChI=1S/C14H18BrN3S/c1-10-13(8-15)14(17(2)16-10)18(11-5-6-11)9-12-4-3-7-19-12/h3-4,7,11H,5-6,8-9H2,1-2H3. The molecule has 0 aliphatic heterocycles. The van der Waals surface area contributed by atoms with Gasteiger partial charge in [0.15, 0.2) is 0 Å². The van der Waals surface area contributed by atoms with Crippen LogP contribution in [-0.4, -0.2) is 15.8 Å². The molecule has 0 spiro atoms. The topological polar surface area (TPSA) is 21.1 Å². The van der Waals surface area contributed by atoms with E-state index in [2.05, 4.69) is 57.4 Å². The molecule has 5 heteroatoms. The number of nitrogens with zero attached hydrogens (tertiary/aromatic N) is 3. The Morgan fingerprint density at radius 2 is 2.32 bits per heavy atom. The van der Waals surface area contributed by atoms with E-state index in [1.54, 1.807) is 0 Å². The van der Waals surface area contributed by atoms with Gasteiger partial charge in [-0.1, -0.05) is 22.0 Å². The summed E-state index contributed by atoms with van der Waals surface area (Å²) in [6.45, 7) is 3.09. The second-order valence-electron chi connectivity index (χ2n) is 5.08. The van der Waals surface area contributed by atoms with Crippen molar-refractivity contribution in [3.8, 4) is 0 Å². The Bertz CT molecular complexity index is 558. The molecule has 0 bridgehead atoms. The molecule has 3 nitrogen and oxygen atoms in total. The third-order valence-electron chi connectivity index (χ3n) is 3.61. The van der Waals surface area contributed by atoms with E-state index in [-0.39, 0.29) is 0 Å². The number of halogens is 1. The summed E-state index contributed by atoms with van der Waals surface area (Å²) in [5, 5.41) is 7.61. The van der Waals surface area contributed by atoms with Crippen molar-refractivity contribution in [3.05, 3.63) is 33.6 Å². The summed E-state index contributed by atoms with van der Waals surface area (Å²) in [6.07, 6.45) is 2.61. The van der Waals surface area contributed by atoms with Gasteiger partial charge in [0.05, 0.1) is 12.2 Å². The Morgan fingerprint density at radius 3 is 2.89 bits per heavy atom. The van der Waals surface area contributed by atoms with Gasteiger partial charge in [-0.05, 0) is 31.2 Å². The van der Waals surface area contributed by atoms with E-state index in [9.17, 15) is 0 Å². The molecule has 2 heterocycles.